The standard InChI is InChI=1S/C53H70N8O14S2/c54-21-9-7-15-36(52(72)73)29-40(62)38(27-34-11-3-1-4-12-34)56-44(64)17-25-60-46(66)19-23-58-48(68)31-42(50(58)70)76-33-77-43-32-49(69)59(51(43)71)24-20-47(67)61(60)26-18-45(65)57-39(28-35-13-5-2-6-14-35)41(63)30-37(53(74)75)16-8-10-22-55/h1-6,11-14,36-39,42-43H,7-10,15-33,54-55H2,(H,56,64)(H,57,65)(H,72,73)(H,74,75)/t36-,37-,38+,39+,42?,43?/m1/s1. The maximum atomic E-state index is 14.6. The van der Waals surface area contributed by atoms with E-state index < -0.39 is 170 Å². The van der Waals surface area contributed by atoms with E-state index in [4.69, 9.17) is 11.5 Å². The lowest BCUT2D eigenvalue weighted by molar-refractivity contribution is -0.166. The van der Waals surface area contributed by atoms with Crippen LogP contribution >= 0.6 is 23.5 Å². The Balaban J connectivity index is 1.45. The van der Waals surface area contributed by atoms with Crippen molar-refractivity contribution >= 4 is 94.3 Å². The number of thioether (sulfide) groups is 2. The fourth-order valence-corrected chi connectivity index (χ4v) is 12.0. The maximum absolute atomic E-state index is 14.6. The summed E-state index contributed by atoms with van der Waals surface area (Å²) in [5, 5.41) is 25.7. The number of nitrogens with one attached hydrogen (secondary N) is 2. The van der Waals surface area contributed by atoms with Crippen LogP contribution in [0.2, 0.25) is 0 Å². The van der Waals surface area contributed by atoms with Crippen molar-refractivity contribution in [3.63, 3.8) is 0 Å². The molecule has 5 rings (SSSR count). The highest BCUT2D eigenvalue weighted by Gasteiger charge is 2.43. The number of hydrazine groups is 1. The van der Waals surface area contributed by atoms with Gasteiger partial charge >= 0.3 is 11.9 Å². The van der Waals surface area contributed by atoms with E-state index in [0.29, 0.717) is 49.9 Å². The summed E-state index contributed by atoms with van der Waals surface area (Å²) in [5.41, 5.74) is 12.5. The molecule has 6 atom stereocenters. The predicted molar refractivity (Wildman–Crippen MR) is 284 cm³/mol. The van der Waals surface area contributed by atoms with E-state index in [1.807, 2.05) is 0 Å². The number of carbonyl (C=O) groups is 12. The van der Waals surface area contributed by atoms with Crippen LogP contribution in [0.25, 0.3) is 0 Å². The quantitative estimate of drug-likeness (QED) is 0.0523. The van der Waals surface area contributed by atoms with Crippen molar-refractivity contribution in [3.05, 3.63) is 71.8 Å². The molecule has 3 aliphatic rings. The van der Waals surface area contributed by atoms with Gasteiger partial charge < -0.3 is 32.3 Å². The van der Waals surface area contributed by atoms with E-state index >= 15 is 0 Å². The Bertz CT molecular complexity index is 2290. The van der Waals surface area contributed by atoms with E-state index in [1.54, 1.807) is 60.7 Å². The third-order valence-electron chi connectivity index (χ3n) is 13.6. The maximum Gasteiger partial charge on any atom is 0.306 e. The van der Waals surface area contributed by atoms with Gasteiger partial charge in [0.1, 0.15) is 0 Å². The first kappa shape index (κ1) is 61.4. The average molecular weight is 1110 g/mol. The van der Waals surface area contributed by atoms with Gasteiger partial charge in [0.15, 0.2) is 11.6 Å². The summed E-state index contributed by atoms with van der Waals surface area (Å²) in [6.07, 6.45) is -1.16. The van der Waals surface area contributed by atoms with Crippen LogP contribution in [0.3, 0.4) is 0 Å². The molecule has 22 nitrogen and oxygen atoms in total. The van der Waals surface area contributed by atoms with Crippen LogP contribution in [0, 0.1) is 11.8 Å². The van der Waals surface area contributed by atoms with Crippen LogP contribution in [-0.4, -0.2) is 168 Å². The number of fused-ring (bicyclic) bond motifs is 4. The number of carboxylic acids is 2. The Morgan fingerprint density at radius 3 is 1.29 bits per heavy atom. The van der Waals surface area contributed by atoms with Crippen molar-refractivity contribution < 1.29 is 67.7 Å². The molecule has 24 heteroatoms. The van der Waals surface area contributed by atoms with Gasteiger partial charge in [0.25, 0.3) is 0 Å². The summed E-state index contributed by atoms with van der Waals surface area (Å²) in [7, 11) is 0. The van der Waals surface area contributed by atoms with Crippen LogP contribution < -0.4 is 22.1 Å². The summed E-state index contributed by atoms with van der Waals surface area (Å²) < 4.78 is 0. The molecule has 0 aromatic heterocycles. The van der Waals surface area contributed by atoms with Gasteiger partial charge in [0.2, 0.25) is 47.3 Å². The molecular formula is C53H70N8O14S2. The summed E-state index contributed by atoms with van der Waals surface area (Å²) in [5.74, 6) is -11.3. The minimum Gasteiger partial charge on any atom is -0.481 e. The van der Waals surface area contributed by atoms with E-state index in [2.05, 4.69) is 10.6 Å². The van der Waals surface area contributed by atoms with Gasteiger partial charge in [-0.05, 0) is 62.7 Å². The number of nitrogens with zero attached hydrogens (tertiary/aromatic N) is 4. The van der Waals surface area contributed by atoms with Crippen molar-refractivity contribution in [2.24, 2.45) is 23.3 Å². The van der Waals surface area contributed by atoms with E-state index in [9.17, 15) is 67.7 Å². The molecule has 2 unspecified atom stereocenters. The summed E-state index contributed by atoms with van der Waals surface area (Å²) >= 11 is 2.26. The summed E-state index contributed by atoms with van der Waals surface area (Å²) in [4.78, 5) is 165. The van der Waals surface area contributed by atoms with Gasteiger partial charge in [-0.3, -0.25) is 77.4 Å². The molecular weight excluding hydrogens is 1040 g/mol. The third-order valence-corrected chi connectivity index (χ3v) is 16.3. The number of nitrogens with two attached hydrogens (primary N) is 2. The molecule has 77 heavy (non-hydrogen) atoms. The van der Waals surface area contributed by atoms with Gasteiger partial charge in [-0.25, -0.2) is 0 Å². The molecule has 2 aromatic rings. The zero-order chi connectivity index (χ0) is 56.0. The normalized spacial score (nSPS) is 19.1. The number of unbranched alkanes of at least 4 members (excludes halogenated alkanes) is 2. The Morgan fingerprint density at radius 2 is 0.935 bits per heavy atom. The molecule has 3 fully saturated rings. The Kier molecular flexibility index (Phi) is 24.7. The molecule has 4 bridgehead atoms. The minimum atomic E-state index is -1.23. The minimum absolute atomic E-state index is 0.0214. The molecule has 8 amide bonds. The lowest BCUT2D eigenvalue weighted by atomic mass is 9.91. The number of hydrogen-bond donors (Lipinski definition) is 6. The molecule has 0 saturated carbocycles. The topological polar surface area (TPSA) is 334 Å². The molecule has 0 spiro atoms. The predicted octanol–water partition coefficient (Wildman–Crippen LogP) is 1.84. The van der Waals surface area contributed by atoms with Crippen LogP contribution in [0.1, 0.15) is 101 Å². The van der Waals surface area contributed by atoms with Crippen molar-refractivity contribution in [3.8, 4) is 0 Å². The SMILES string of the molecule is NCCCC[C@H](CC(=O)[C@H](Cc1ccccc1)NC(=O)CCN1C(=O)CCN2C(=O)CC(SCSC3CC(=O)N(CCC(=O)N1CCC(=O)N[C@@H](Cc1ccccc1)C(=O)C[C@@H](CCCCN)C(=O)O)C3=O)C2=O)C(=O)O. The number of carboxylic acid groups (broad SMARTS) is 2. The first-order valence-electron chi connectivity index (χ1n) is 26.0. The molecule has 2 aromatic carbocycles. The number of rotatable bonds is 28. The van der Waals surface area contributed by atoms with Crippen LogP contribution in [0.15, 0.2) is 60.7 Å². The number of carbonyl (C=O) groups excluding carboxylic acids is 10. The Labute approximate surface area is 455 Å². The Morgan fingerprint density at radius 1 is 0.558 bits per heavy atom. The fraction of sp³-hybridized carbons (Fsp3) is 0.547. The summed E-state index contributed by atoms with van der Waals surface area (Å²) in [6.45, 7) is -1.33. The highest BCUT2D eigenvalue weighted by atomic mass is 32.2. The van der Waals surface area contributed by atoms with Crippen molar-refractivity contribution in [1.29, 1.82) is 0 Å². The molecule has 3 heterocycles. The van der Waals surface area contributed by atoms with E-state index in [1.165, 1.54) is 0 Å². The molecule has 3 aliphatic heterocycles. The zero-order valence-corrected chi connectivity index (χ0v) is 44.7. The largest absolute Gasteiger partial charge is 0.481 e. The molecule has 3 saturated heterocycles. The smallest absolute Gasteiger partial charge is 0.306 e. The molecule has 8 N–H and O–H groups in total. The molecule has 418 valence electrons. The second-order valence-electron chi connectivity index (χ2n) is 19.2. The zero-order valence-electron chi connectivity index (χ0n) is 43.1. The second kappa shape index (κ2) is 31.0. The number of imide groups is 2. The summed E-state index contributed by atoms with van der Waals surface area (Å²) in [6, 6.07) is 14.9. The first-order valence-corrected chi connectivity index (χ1v) is 28.1. The van der Waals surface area contributed by atoms with Crippen LogP contribution in [0.4, 0.5) is 0 Å². The van der Waals surface area contributed by atoms with Gasteiger partial charge in [0, 0.05) is 69.5 Å². The molecule has 0 radical (unpaired) electrons. The van der Waals surface area contributed by atoms with Crippen molar-refractivity contribution in [2.75, 3.05) is 44.4 Å². The van der Waals surface area contributed by atoms with Crippen LogP contribution in [-0.2, 0) is 70.4 Å². The number of hydrogen-bond acceptors (Lipinski definition) is 16. The first-order chi connectivity index (χ1) is 36.9. The lowest BCUT2D eigenvalue weighted by Crippen LogP contribution is -2.54. The molecule has 0 aliphatic carbocycles. The number of aliphatic carboxylic acids is 2. The third kappa shape index (κ3) is 18.9. The second-order valence-corrected chi connectivity index (χ2v) is 22.0. The lowest BCUT2D eigenvalue weighted by Gasteiger charge is -2.36. The Hall–Kier alpha value is -6.50. The average Bonchev–Trinajstić information content (AvgIpc) is 3.83. The van der Waals surface area contributed by atoms with E-state index in [0.717, 1.165) is 43.3 Å². The van der Waals surface area contributed by atoms with Gasteiger partial charge in [0.05, 0.1) is 47.5 Å². The monoisotopic (exact) mass is 1110 g/mol. The number of ketones is 2. The number of Topliss-reactive ketones (excluding diaryl/α,β-unsaturated/α-hetero) is 2. The van der Waals surface area contributed by atoms with Gasteiger partial charge in [-0.2, -0.15) is 0 Å². The van der Waals surface area contributed by atoms with Crippen molar-refractivity contribution in [2.45, 2.75) is 125 Å². The van der Waals surface area contributed by atoms with Crippen molar-refractivity contribution in [1.82, 2.24) is 30.5 Å². The van der Waals surface area contributed by atoms with Gasteiger partial charge in [-0.1, -0.05) is 73.5 Å². The highest BCUT2D eigenvalue weighted by molar-refractivity contribution is 8.17. The van der Waals surface area contributed by atoms with E-state index in [-0.39, 0.29) is 43.6 Å². The highest BCUT2D eigenvalue weighted by Crippen LogP contribution is 2.33. The number of amides is 8. The fourth-order valence-electron chi connectivity index (χ4n) is 9.28. The number of benzene rings is 2. The van der Waals surface area contributed by atoms with Crippen LogP contribution in [0.5, 0.6) is 0 Å². The van der Waals surface area contributed by atoms with Gasteiger partial charge in [-0.15, -0.1) is 23.5 Å².